The topological polar surface area (TPSA) is 82.9 Å². The first-order valence-corrected chi connectivity index (χ1v) is 9.02. The summed E-state index contributed by atoms with van der Waals surface area (Å²) < 4.78 is 10.6. The molecule has 1 aliphatic heterocycles. The van der Waals surface area contributed by atoms with E-state index in [-0.39, 0.29) is 19.3 Å². The number of rotatable bonds is 4. The molecule has 28 heavy (non-hydrogen) atoms. The van der Waals surface area contributed by atoms with E-state index in [1.807, 2.05) is 36.4 Å². The van der Waals surface area contributed by atoms with Gasteiger partial charge in [-0.05, 0) is 23.3 Å². The molecule has 1 aliphatic rings. The number of carbonyl (C=O) groups excluding carboxylic acids is 2. The molecule has 7 heteroatoms. The van der Waals surface area contributed by atoms with Crippen molar-refractivity contribution in [1.29, 1.82) is 5.26 Å². The number of amides is 2. The van der Waals surface area contributed by atoms with Gasteiger partial charge >= 0.3 is 12.2 Å². The van der Waals surface area contributed by atoms with Crippen LogP contribution in [-0.4, -0.2) is 48.2 Å². The van der Waals surface area contributed by atoms with Crippen molar-refractivity contribution in [2.75, 3.05) is 26.2 Å². The third kappa shape index (κ3) is 5.24. The Morgan fingerprint density at radius 2 is 1.25 bits per heavy atom. The fourth-order valence-electron chi connectivity index (χ4n) is 2.79. The summed E-state index contributed by atoms with van der Waals surface area (Å²) in [5.74, 6) is 0. The Morgan fingerprint density at radius 1 is 0.786 bits per heavy atom. The molecule has 0 aliphatic carbocycles. The van der Waals surface area contributed by atoms with Crippen molar-refractivity contribution in [2.24, 2.45) is 0 Å². The normalized spacial score (nSPS) is 13.5. The van der Waals surface area contributed by atoms with Crippen molar-refractivity contribution < 1.29 is 19.1 Å². The van der Waals surface area contributed by atoms with Crippen molar-refractivity contribution in [3.8, 4) is 6.07 Å². The molecular weight excluding hydrogens is 358 g/mol. The molecular formula is C21H21N3O4. The minimum Gasteiger partial charge on any atom is -0.445 e. The highest BCUT2D eigenvalue weighted by atomic mass is 16.6. The zero-order valence-electron chi connectivity index (χ0n) is 15.4. The zero-order chi connectivity index (χ0) is 19.8. The lowest BCUT2D eigenvalue weighted by Gasteiger charge is -2.33. The highest BCUT2D eigenvalue weighted by Crippen LogP contribution is 2.10. The van der Waals surface area contributed by atoms with Crippen molar-refractivity contribution in [3.05, 3.63) is 71.3 Å². The fraction of sp³-hybridized carbons (Fsp3) is 0.286. The van der Waals surface area contributed by atoms with Crippen molar-refractivity contribution in [1.82, 2.24) is 9.80 Å². The number of benzene rings is 2. The van der Waals surface area contributed by atoms with E-state index in [1.165, 1.54) is 0 Å². The molecule has 0 bridgehead atoms. The Labute approximate surface area is 163 Å². The molecule has 0 radical (unpaired) electrons. The van der Waals surface area contributed by atoms with E-state index in [1.54, 1.807) is 34.1 Å². The number of ether oxygens (including phenoxy) is 2. The molecule has 3 rings (SSSR count). The highest BCUT2D eigenvalue weighted by Gasteiger charge is 2.25. The lowest BCUT2D eigenvalue weighted by molar-refractivity contribution is 0.0557. The third-order valence-electron chi connectivity index (χ3n) is 4.45. The summed E-state index contributed by atoms with van der Waals surface area (Å²) in [6, 6.07) is 18.4. The van der Waals surface area contributed by atoms with E-state index >= 15 is 0 Å². The molecule has 0 aromatic heterocycles. The van der Waals surface area contributed by atoms with Gasteiger partial charge in [0.1, 0.15) is 13.2 Å². The quantitative estimate of drug-likeness (QED) is 0.815. The molecule has 1 saturated heterocycles. The maximum absolute atomic E-state index is 12.2. The average molecular weight is 379 g/mol. The highest BCUT2D eigenvalue weighted by molar-refractivity contribution is 5.70. The molecule has 0 saturated carbocycles. The van der Waals surface area contributed by atoms with E-state index in [0.29, 0.717) is 31.7 Å². The Bertz CT molecular complexity index is 838. The van der Waals surface area contributed by atoms with Crippen LogP contribution in [0.4, 0.5) is 9.59 Å². The summed E-state index contributed by atoms with van der Waals surface area (Å²) in [5.41, 5.74) is 2.31. The number of nitriles is 1. The van der Waals surface area contributed by atoms with Crippen LogP contribution in [0.2, 0.25) is 0 Å². The average Bonchev–Trinajstić information content (AvgIpc) is 2.77. The van der Waals surface area contributed by atoms with Gasteiger partial charge in [-0.3, -0.25) is 0 Å². The van der Waals surface area contributed by atoms with Gasteiger partial charge in [-0.25, -0.2) is 9.59 Å². The van der Waals surface area contributed by atoms with Crippen LogP contribution < -0.4 is 0 Å². The summed E-state index contributed by atoms with van der Waals surface area (Å²) in [6.45, 7) is 1.97. The van der Waals surface area contributed by atoms with Crippen LogP contribution in [0.15, 0.2) is 54.6 Å². The molecule has 2 amide bonds. The SMILES string of the molecule is N#Cc1ccc(COC(=O)N2CCN(C(=O)OCc3ccccc3)CC2)cc1. The van der Waals surface area contributed by atoms with Crippen LogP contribution in [0.1, 0.15) is 16.7 Å². The van der Waals surface area contributed by atoms with Gasteiger partial charge in [0.2, 0.25) is 0 Å². The van der Waals surface area contributed by atoms with Crippen molar-refractivity contribution >= 4 is 12.2 Å². The Kier molecular flexibility index (Phi) is 6.47. The number of carbonyl (C=O) groups is 2. The predicted molar refractivity (Wildman–Crippen MR) is 101 cm³/mol. The van der Waals surface area contributed by atoms with Gasteiger partial charge in [-0.1, -0.05) is 42.5 Å². The van der Waals surface area contributed by atoms with Crippen LogP contribution in [-0.2, 0) is 22.7 Å². The molecule has 2 aromatic rings. The molecule has 7 nitrogen and oxygen atoms in total. The van der Waals surface area contributed by atoms with Crippen molar-refractivity contribution in [2.45, 2.75) is 13.2 Å². The van der Waals surface area contributed by atoms with Gasteiger partial charge in [0.05, 0.1) is 11.6 Å². The number of piperazine rings is 1. The van der Waals surface area contributed by atoms with Gasteiger partial charge in [0.15, 0.2) is 0 Å². The Hall–Kier alpha value is -3.53. The number of nitrogens with zero attached hydrogens (tertiary/aromatic N) is 3. The van der Waals surface area contributed by atoms with Crippen LogP contribution in [0.5, 0.6) is 0 Å². The minimum absolute atomic E-state index is 0.143. The number of hydrogen-bond donors (Lipinski definition) is 0. The summed E-state index contributed by atoms with van der Waals surface area (Å²) in [6.07, 6.45) is -0.795. The zero-order valence-corrected chi connectivity index (χ0v) is 15.4. The van der Waals surface area contributed by atoms with Gasteiger partial charge in [0.25, 0.3) is 0 Å². The van der Waals surface area contributed by atoms with Crippen LogP contribution in [0.3, 0.4) is 0 Å². The standard InChI is InChI=1S/C21H21N3O4/c22-14-17-6-8-19(9-7-17)16-28-21(26)24-12-10-23(11-13-24)20(25)27-15-18-4-2-1-3-5-18/h1-9H,10-13,15-16H2. The lowest BCUT2D eigenvalue weighted by Crippen LogP contribution is -2.50. The Balaban J connectivity index is 1.39. The Morgan fingerprint density at radius 3 is 1.71 bits per heavy atom. The monoisotopic (exact) mass is 379 g/mol. The van der Waals surface area contributed by atoms with E-state index < -0.39 is 6.09 Å². The lowest BCUT2D eigenvalue weighted by atomic mass is 10.2. The van der Waals surface area contributed by atoms with Crippen molar-refractivity contribution in [3.63, 3.8) is 0 Å². The van der Waals surface area contributed by atoms with Gasteiger partial charge < -0.3 is 19.3 Å². The molecule has 1 heterocycles. The van der Waals surface area contributed by atoms with E-state index in [0.717, 1.165) is 11.1 Å². The fourth-order valence-corrected chi connectivity index (χ4v) is 2.79. The maximum atomic E-state index is 12.2. The first-order chi connectivity index (χ1) is 13.7. The second kappa shape index (κ2) is 9.42. The second-order valence-corrected chi connectivity index (χ2v) is 6.38. The molecule has 144 valence electrons. The molecule has 1 fully saturated rings. The van der Waals surface area contributed by atoms with Gasteiger partial charge in [-0.2, -0.15) is 5.26 Å². The summed E-state index contributed by atoms with van der Waals surface area (Å²) in [5, 5.41) is 8.79. The molecule has 0 spiro atoms. The molecule has 2 aromatic carbocycles. The van der Waals surface area contributed by atoms with E-state index in [9.17, 15) is 9.59 Å². The van der Waals surface area contributed by atoms with E-state index in [2.05, 4.69) is 0 Å². The van der Waals surface area contributed by atoms with Gasteiger partial charge in [0, 0.05) is 26.2 Å². The maximum Gasteiger partial charge on any atom is 0.410 e. The minimum atomic E-state index is -0.415. The third-order valence-corrected chi connectivity index (χ3v) is 4.45. The second-order valence-electron chi connectivity index (χ2n) is 6.38. The van der Waals surface area contributed by atoms with Crippen LogP contribution in [0.25, 0.3) is 0 Å². The molecule has 0 atom stereocenters. The predicted octanol–water partition coefficient (Wildman–Crippen LogP) is 3.15. The molecule has 0 N–H and O–H groups in total. The summed E-state index contributed by atoms with van der Waals surface area (Å²) in [4.78, 5) is 27.5. The van der Waals surface area contributed by atoms with E-state index in [4.69, 9.17) is 14.7 Å². The first kappa shape index (κ1) is 19.2. The van der Waals surface area contributed by atoms with Crippen LogP contribution in [0, 0.1) is 11.3 Å². The smallest absolute Gasteiger partial charge is 0.410 e. The van der Waals surface area contributed by atoms with Gasteiger partial charge in [-0.15, -0.1) is 0 Å². The van der Waals surface area contributed by atoms with Crippen LogP contribution >= 0.6 is 0 Å². The number of hydrogen-bond acceptors (Lipinski definition) is 5. The summed E-state index contributed by atoms with van der Waals surface area (Å²) >= 11 is 0. The molecule has 0 unspecified atom stereocenters. The largest absolute Gasteiger partial charge is 0.445 e. The summed E-state index contributed by atoms with van der Waals surface area (Å²) in [7, 11) is 0. The first-order valence-electron chi connectivity index (χ1n) is 9.02.